The number of carbonyl (C=O) groups excluding carboxylic acids is 2. The zero-order chi connectivity index (χ0) is 22.9. The molecule has 0 radical (unpaired) electrons. The van der Waals surface area contributed by atoms with E-state index in [2.05, 4.69) is 15.6 Å². The summed E-state index contributed by atoms with van der Waals surface area (Å²) in [6, 6.07) is 7.86. The maximum atomic E-state index is 13.1. The Hall–Kier alpha value is -3.08. The first-order valence-corrected chi connectivity index (χ1v) is 12.0. The highest BCUT2D eigenvalue weighted by atomic mass is 16.6. The van der Waals surface area contributed by atoms with Gasteiger partial charge in [0, 0.05) is 13.1 Å². The summed E-state index contributed by atoms with van der Waals surface area (Å²) in [6.07, 6.45) is 5.02. The SMILES string of the molecule is Cc1nc2cc(C#N)ccc2n1C1CCN(C(=O)OC2C3CC4CC2CC(C(N)=O)(C4)C3)C1. The van der Waals surface area contributed by atoms with Gasteiger partial charge >= 0.3 is 6.09 Å². The Bertz CT molecular complexity index is 1180. The molecule has 2 aromatic rings. The van der Waals surface area contributed by atoms with Gasteiger partial charge in [0.1, 0.15) is 11.9 Å². The molecule has 3 atom stereocenters. The Balaban J connectivity index is 1.16. The minimum absolute atomic E-state index is 0.0965. The van der Waals surface area contributed by atoms with Crippen LogP contribution in [0, 0.1) is 41.4 Å². The van der Waals surface area contributed by atoms with Gasteiger partial charge in [-0.3, -0.25) is 4.79 Å². The number of benzene rings is 1. The number of ether oxygens (including phenoxy) is 1. The molecule has 8 nitrogen and oxygen atoms in total. The van der Waals surface area contributed by atoms with Gasteiger partial charge in [0.2, 0.25) is 5.91 Å². The Morgan fingerprint density at radius 2 is 2.00 bits per heavy atom. The van der Waals surface area contributed by atoms with Crippen LogP contribution < -0.4 is 5.73 Å². The molecular formula is C25H29N5O3. The summed E-state index contributed by atoms with van der Waals surface area (Å²) in [4.78, 5) is 31.8. The van der Waals surface area contributed by atoms with Crippen molar-refractivity contribution in [2.75, 3.05) is 13.1 Å². The number of rotatable bonds is 3. The number of carbonyl (C=O) groups is 2. The van der Waals surface area contributed by atoms with E-state index in [4.69, 9.17) is 15.7 Å². The third-order valence-electron chi connectivity index (χ3n) is 8.73. The highest BCUT2D eigenvalue weighted by molar-refractivity contribution is 5.81. The Morgan fingerprint density at radius 3 is 2.70 bits per heavy atom. The summed E-state index contributed by atoms with van der Waals surface area (Å²) in [5.74, 6) is 1.76. The Kier molecular flexibility index (Phi) is 4.48. The predicted octanol–water partition coefficient (Wildman–Crippen LogP) is 3.28. The largest absolute Gasteiger partial charge is 0.446 e. The molecule has 3 unspecified atom stereocenters. The average Bonchev–Trinajstić information content (AvgIpc) is 3.38. The normalized spacial score (nSPS) is 34.5. The summed E-state index contributed by atoms with van der Waals surface area (Å²) in [6.45, 7) is 3.20. The van der Waals surface area contributed by atoms with Crippen LogP contribution in [-0.4, -0.2) is 45.6 Å². The second-order valence-electron chi connectivity index (χ2n) is 10.7. The predicted molar refractivity (Wildman–Crippen MR) is 120 cm³/mol. The van der Waals surface area contributed by atoms with Gasteiger partial charge < -0.3 is 19.9 Å². The molecular weight excluding hydrogens is 418 g/mol. The van der Waals surface area contributed by atoms with Crippen molar-refractivity contribution in [2.45, 2.75) is 57.6 Å². The van der Waals surface area contributed by atoms with E-state index >= 15 is 0 Å². The standard InChI is InChI=1S/C25H29N5O3/c1-14-28-20-8-15(12-26)2-3-21(20)30(14)19-4-5-29(13-19)24(32)33-22-17-6-16-7-18(22)11-25(9-16,10-17)23(27)31/h2-3,8,16-19,22H,4-7,9-11,13H2,1H3,(H2,27,31). The molecule has 5 fully saturated rings. The topological polar surface area (TPSA) is 114 Å². The number of likely N-dealkylation sites (tertiary alicyclic amines) is 1. The minimum Gasteiger partial charge on any atom is -0.446 e. The van der Waals surface area contributed by atoms with Crippen LogP contribution in [0.4, 0.5) is 4.79 Å². The van der Waals surface area contributed by atoms with Crippen molar-refractivity contribution in [3.63, 3.8) is 0 Å². The fourth-order valence-electron chi connectivity index (χ4n) is 7.53. The molecule has 2 heterocycles. The molecule has 4 bridgehead atoms. The molecule has 7 rings (SSSR count). The van der Waals surface area contributed by atoms with Gasteiger partial charge in [0.05, 0.1) is 34.1 Å². The molecule has 2 N–H and O–H groups in total. The van der Waals surface area contributed by atoms with Gasteiger partial charge in [0.25, 0.3) is 0 Å². The minimum atomic E-state index is -0.371. The molecule has 4 aliphatic carbocycles. The number of primary amides is 1. The first-order valence-electron chi connectivity index (χ1n) is 12.0. The quantitative estimate of drug-likeness (QED) is 0.775. The molecule has 172 valence electrons. The van der Waals surface area contributed by atoms with Crippen LogP contribution in [0.25, 0.3) is 11.0 Å². The summed E-state index contributed by atoms with van der Waals surface area (Å²) in [7, 11) is 0. The van der Waals surface area contributed by atoms with Crippen molar-refractivity contribution in [1.82, 2.24) is 14.5 Å². The van der Waals surface area contributed by atoms with Gasteiger partial charge in [0.15, 0.2) is 0 Å². The van der Waals surface area contributed by atoms with E-state index in [0.29, 0.717) is 24.6 Å². The van der Waals surface area contributed by atoms with E-state index in [-0.39, 0.29) is 41.4 Å². The fourth-order valence-corrected chi connectivity index (χ4v) is 7.53. The summed E-state index contributed by atoms with van der Waals surface area (Å²) in [5, 5.41) is 9.17. The smallest absolute Gasteiger partial charge is 0.410 e. The fraction of sp³-hybridized carbons (Fsp3) is 0.600. The number of nitriles is 1. The maximum absolute atomic E-state index is 13.1. The zero-order valence-electron chi connectivity index (χ0n) is 18.9. The van der Waals surface area contributed by atoms with Crippen molar-refractivity contribution in [3.8, 4) is 6.07 Å². The lowest BCUT2D eigenvalue weighted by molar-refractivity contribution is -0.161. The lowest BCUT2D eigenvalue weighted by atomic mass is 9.48. The third-order valence-corrected chi connectivity index (χ3v) is 8.73. The summed E-state index contributed by atoms with van der Waals surface area (Å²) in [5.41, 5.74) is 7.81. The lowest BCUT2D eigenvalue weighted by Crippen LogP contribution is -2.59. The number of aryl methyl sites for hydroxylation is 1. The second-order valence-corrected chi connectivity index (χ2v) is 10.7. The highest BCUT2D eigenvalue weighted by Crippen LogP contribution is 2.60. The summed E-state index contributed by atoms with van der Waals surface area (Å²) < 4.78 is 8.31. The van der Waals surface area contributed by atoms with Gasteiger partial charge in [-0.05, 0) is 81.4 Å². The zero-order valence-corrected chi connectivity index (χ0v) is 18.9. The van der Waals surface area contributed by atoms with Crippen molar-refractivity contribution in [2.24, 2.45) is 28.9 Å². The van der Waals surface area contributed by atoms with E-state index in [0.717, 1.165) is 55.4 Å². The van der Waals surface area contributed by atoms with E-state index in [9.17, 15) is 9.59 Å². The first-order chi connectivity index (χ1) is 15.9. The molecule has 1 aromatic heterocycles. The van der Waals surface area contributed by atoms with Crippen molar-refractivity contribution < 1.29 is 14.3 Å². The van der Waals surface area contributed by atoms with Gasteiger partial charge in [-0.25, -0.2) is 9.78 Å². The van der Waals surface area contributed by atoms with Crippen LogP contribution in [0.2, 0.25) is 0 Å². The number of nitrogens with zero attached hydrogens (tertiary/aromatic N) is 4. The van der Waals surface area contributed by atoms with Gasteiger partial charge in [-0.15, -0.1) is 0 Å². The second kappa shape index (κ2) is 7.21. The van der Waals surface area contributed by atoms with Crippen LogP contribution in [0.15, 0.2) is 18.2 Å². The number of hydrogen-bond donors (Lipinski definition) is 1. The van der Waals surface area contributed by atoms with Crippen molar-refractivity contribution in [3.05, 3.63) is 29.6 Å². The first kappa shape index (κ1) is 20.5. The monoisotopic (exact) mass is 447 g/mol. The molecule has 4 saturated carbocycles. The highest BCUT2D eigenvalue weighted by Gasteiger charge is 2.59. The summed E-state index contributed by atoms with van der Waals surface area (Å²) >= 11 is 0. The molecule has 33 heavy (non-hydrogen) atoms. The average molecular weight is 448 g/mol. The number of amides is 2. The Labute approximate surface area is 192 Å². The Morgan fingerprint density at radius 1 is 1.24 bits per heavy atom. The molecule has 5 aliphatic rings. The van der Waals surface area contributed by atoms with Crippen LogP contribution in [0.1, 0.15) is 56.0 Å². The number of nitrogens with two attached hydrogens (primary N) is 1. The molecule has 2 amide bonds. The lowest BCUT2D eigenvalue weighted by Gasteiger charge is -2.58. The van der Waals surface area contributed by atoms with Crippen LogP contribution in [0.3, 0.4) is 0 Å². The number of aromatic nitrogens is 2. The molecule has 8 heteroatoms. The van der Waals surface area contributed by atoms with Gasteiger partial charge in [-0.1, -0.05) is 0 Å². The maximum Gasteiger partial charge on any atom is 0.410 e. The van der Waals surface area contributed by atoms with E-state index in [1.54, 1.807) is 0 Å². The number of fused-ring (bicyclic) bond motifs is 1. The van der Waals surface area contributed by atoms with E-state index < -0.39 is 0 Å². The third kappa shape index (κ3) is 3.12. The van der Waals surface area contributed by atoms with Gasteiger partial charge in [-0.2, -0.15) is 5.26 Å². The van der Waals surface area contributed by atoms with Crippen LogP contribution in [0.5, 0.6) is 0 Å². The number of hydrogen-bond acceptors (Lipinski definition) is 5. The van der Waals surface area contributed by atoms with E-state index in [1.165, 1.54) is 0 Å². The molecule has 1 aromatic carbocycles. The van der Waals surface area contributed by atoms with Crippen molar-refractivity contribution in [1.29, 1.82) is 5.26 Å². The molecule has 1 aliphatic heterocycles. The molecule has 0 spiro atoms. The van der Waals surface area contributed by atoms with E-state index in [1.807, 2.05) is 30.0 Å². The number of imidazole rings is 1. The molecule has 1 saturated heterocycles. The van der Waals surface area contributed by atoms with Crippen LogP contribution in [-0.2, 0) is 9.53 Å². The van der Waals surface area contributed by atoms with Crippen LogP contribution >= 0.6 is 0 Å². The van der Waals surface area contributed by atoms with Crippen molar-refractivity contribution >= 4 is 23.0 Å².